The minimum Gasteiger partial charge on any atom is -0.327 e. The summed E-state index contributed by atoms with van der Waals surface area (Å²) in [5.41, 5.74) is 7.48. The molecule has 110 valence electrons. The van der Waals surface area contributed by atoms with Crippen molar-refractivity contribution >= 4 is 0 Å². The number of hydrogen-bond donors (Lipinski definition) is 1. The molecule has 1 aliphatic heterocycles. The van der Waals surface area contributed by atoms with Crippen molar-refractivity contribution in [2.75, 3.05) is 19.6 Å². The summed E-state index contributed by atoms with van der Waals surface area (Å²) >= 11 is 0. The fourth-order valence-corrected chi connectivity index (χ4v) is 4.95. The molecule has 1 spiro atoms. The first-order valence-corrected chi connectivity index (χ1v) is 8.60. The van der Waals surface area contributed by atoms with Crippen molar-refractivity contribution in [2.45, 2.75) is 77.2 Å². The molecule has 2 N–H and O–H groups in total. The Hall–Kier alpha value is -0.0800. The molecule has 0 aromatic carbocycles. The van der Waals surface area contributed by atoms with Crippen LogP contribution in [0.5, 0.6) is 0 Å². The molecule has 0 radical (unpaired) electrons. The zero-order chi connectivity index (χ0) is 13.3. The third-order valence-electron chi connectivity index (χ3n) is 6.57. The standard InChI is InChI=1S/C17H32N2/c1-16(7-5-6-15(16)18)14-19-12-10-17(11-13-19)8-3-2-4-9-17/h15H,2-14,18H2,1H3. The van der Waals surface area contributed by atoms with Crippen LogP contribution in [0.1, 0.15) is 71.1 Å². The summed E-state index contributed by atoms with van der Waals surface area (Å²) < 4.78 is 0. The molecule has 0 aromatic rings. The van der Waals surface area contributed by atoms with Gasteiger partial charge in [-0.2, -0.15) is 0 Å². The van der Waals surface area contributed by atoms with Gasteiger partial charge in [-0.25, -0.2) is 0 Å². The summed E-state index contributed by atoms with van der Waals surface area (Å²) in [4.78, 5) is 2.73. The maximum atomic E-state index is 6.34. The van der Waals surface area contributed by atoms with Crippen LogP contribution in [-0.4, -0.2) is 30.6 Å². The molecule has 2 atom stereocenters. The quantitative estimate of drug-likeness (QED) is 0.826. The largest absolute Gasteiger partial charge is 0.327 e. The van der Waals surface area contributed by atoms with Gasteiger partial charge in [-0.15, -0.1) is 0 Å². The molecule has 0 aromatic heterocycles. The second kappa shape index (κ2) is 5.37. The minimum absolute atomic E-state index is 0.400. The van der Waals surface area contributed by atoms with Gasteiger partial charge in [0, 0.05) is 12.6 Å². The van der Waals surface area contributed by atoms with Gasteiger partial charge in [0.1, 0.15) is 0 Å². The average molecular weight is 264 g/mol. The average Bonchev–Trinajstić information content (AvgIpc) is 2.74. The first-order chi connectivity index (χ1) is 9.12. The molecule has 0 bridgehead atoms. The van der Waals surface area contributed by atoms with E-state index in [1.54, 1.807) is 0 Å². The fraction of sp³-hybridized carbons (Fsp3) is 1.00. The molecule has 2 unspecified atom stereocenters. The fourth-order valence-electron chi connectivity index (χ4n) is 4.95. The van der Waals surface area contributed by atoms with Gasteiger partial charge in [-0.05, 0) is 62.4 Å². The summed E-state index contributed by atoms with van der Waals surface area (Å²) in [6.45, 7) is 6.35. The van der Waals surface area contributed by atoms with Gasteiger partial charge in [0.15, 0.2) is 0 Å². The maximum absolute atomic E-state index is 6.34. The molecule has 1 heterocycles. The van der Waals surface area contributed by atoms with Crippen molar-refractivity contribution in [3.63, 3.8) is 0 Å². The van der Waals surface area contributed by atoms with Crippen molar-refractivity contribution in [3.05, 3.63) is 0 Å². The molecule has 3 aliphatic rings. The van der Waals surface area contributed by atoms with Crippen LogP contribution in [0.3, 0.4) is 0 Å². The zero-order valence-electron chi connectivity index (χ0n) is 12.8. The van der Waals surface area contributed by atoms with Crippen molar-refractivity contribution < 1.29 is 0 Å². The number of likely N-dealkylation sites (tertiary alicyclic amines) is 1. The summed E-state index contributed by atoms with van der Waals surface area (Å²) in [5.74, 6) is 0. The molecule has 2 aliphatic carbocycles. The Balaban J connectivity index is 1.53. The number of piperidine rings is 1. The van der Waals surface area contributed by atoms with Crippen molar-refractivity contribution in [2.24, 2.45) is 16.6 Å². The number of rotatable bonds is 2. The number of hydrogen-bond acceptors (Lipinski definition) is 2. The first-order valence-electron chi connectivity index (χ1n) is 8.60. The molecular weight excluding hydrogens is 232 g/mol. The van der Waals surface area contributed by atoms with E-state index in [1.807, 2.05) is 0 Å². The lowest BCUT2D eigenvalue weighted by Gasteiger charge is -2.46. The predicted molar refractivity (Wildman–Crippen MR) is 81.1 cm³/mol. The third-order valence-corrected chi connectivity index (χ3v) is 6.57. The van der Waals surface area contributed by atoms with E-state index in [4.69, 9.17) is 5.73 Å². The minimum atomic E-state index is 0.400. The van der Waals surface area contributed by atoms with Gasteiger partial charge < -0.3 is 10.6 Å². The lowest BCUT2D eigenvalue weighted by Crippen LogP contribution is -2.48. The van der Waals surface area contributed by atoms with Crippen molar-refractivity contribution in [3.8, 4) is 0 Å². The third kappa shape index (κ3) is 2.85. The van der Waals surface area contributed by atoms with Crippen LogP contribution in [0, 0.1) is 10.8 Å². The highest BCUT2D eigenvalue weighted by molar-refractivity contribution is 4.95. The summed E-state index contributed by atoms with van der Waals surface area (Å²) in [6.07, 6.45) is 14.3. The van der Waals surface area contributed by atoms with Crippen LogP contribution < -0.4 is 5.73 Å². The Morgan fingerprint density at radius 2 is 1.63 bits per heavy atom. The SMILES string of the molecule is CC1(CN2CCC3(CCCCC3)CC2)CCCC1N. The van der Waals surface area contributed by atoms with Gasteiger partial charge in [-0.3, -0.25) is 0 Å². The highest BCUT2D eigenvalue weighted by atomic mass is 15.1. The molecule has 2 nitrogen and oxygen atoms in total. The molecule has 0 amide bonds. The van der Waals surface area contributed by atoms with E-state index in [0.29, 0.717) is 11.5 Å². The number of nitrogens with zero attached hydrogens (tertiary/aromatic N) is 1. The molecule has 1 saturated heterocycles. The van der Waals surface area contributed by atoms with Gasteiger partial charge in [0.2, 0.25) is 0 Å². The van der Waals surface area contributed by atoms with Crippen LogP contribution in [0.25, 0.3) is 0 Å². The van der Waals surface area contributed by atoms with Gasteiger partial charge >= 0.3 is 0 Å². The zero-order valence-corrected chi connectivity index (χ0v) is 12.8. The van der Waals surface area contributed by atoms with E-state index in [2.05, 4.69) is 11.8 Å². The highest BCUT2D eigenvalue weighted by Gasteiger charge is 2.40. The molecule has 3 fully saturated rings. The van der Waals surface area contributed by atoms with E-state index >= 15 is 0 Å². The second-order valence-electron chi connectivity index (χ2n) is 7.99. The van der Waals surface area contributed by atoms with E-state index in [9.17, 15) is 0 Å². The summed E-state index contributed by atoms with van der Waals surface area (Å²) in [6, 6.07) is 0.443. The Morgan fingerprint density at radius 1 is 0.947 bits per heavy atom. The molecule has 19 heavy (non-hydrogen) atoms. The Kier molecular flexibility index (Phi) is 3.92. The van der Waals surface area contributed by atoms with Crippen LogP contribution in [0.2, 0.25) is 0 Å². The van der Waals surface area contributed by atoms with Crippen LogP contribution in [0.4, 0.5) is 0 Å². The van der Waals surface area contributed by atoms with E-state index in [0.717, 1.165) is 5.41 Å². The lowest BCUT2D eigenvalue weighted by molar-refractivity contribution is 0.0433. The smallest absolute Gasteiger partial charge is 0.0105 e. The molecular formula is C17H32N2. The van der Waals surface area contributed by atoms with Gasteiger partial charge in [0.25, 0.3) is 0 Å². The lowest BCUT2D eigenvalue weighted by atomic mass is 9.68. The maximum Gasteiger partial charge on any atom is 0.0105 e. The number of nitrogens with two attached hydrogens (primary N) is 1. The predicted octanol–water partition coefficient (Wildman–Crippen LogP) is 3.55. The van der Waals surface area contributed by atoms with Gasteiger partial charge in [0.05, 0.1) is 0 Å². The first kappa shape index (κ1) is 13.9. The molecule has 2 saturated carbocycles. The van der Waals surface area contributed by atoms with E-state index in [1.165, 1.54) is 83.8 Å². The van der Waals surface area contributed by atoms with Crippen LogP contribution >= 0.6 is 0 Å². The summed E-state index contributed by atoms with van der Waals surface area (Å²) in [7, 11) is 0. The normalized spacial score (nSPS) is 39.8. The molecule has 3 rings (SSSR count). The van der Waals surface area contributed by atoms with E-state index in [-0.39, 0.29) is 0 Å². The molecule has 2 heteroatoms. The second-order valence-corrected chi connectivity index (χ2v) is 7.99. The van der Waals surface area contributed by atoms with Gasteiger partial charge in [-0.1, -0.05) is 32.6 Å². The Morgan fingerprint density at radius 3 is 2.21 bits per heavy atom. The monoisotopic (exact) mass is 264 g/mol. The van der Waals surface area contributed by atoms with E-state index < -0.39 is 0 Å². The topological polar surface area (TPSA) is 29.3 Å². The van der Waals surface area contributed by atoms with Crippen molar-refractivity contribution in [1.82, 2.24) is 4.90 Å². The Bertz CT molecular complexity index is 298. The van der Waals surface area contributed by atoms with Crippen LogP contribution in [-0.2, 0) is 0 Å². The van der Waals surface area contributed by atoms with Crippen molar-refractivity contribution in [1.29, 1.82) is 0 Å². The highest BCUT2D eigenvalue weighted by Crippen LogP contribution is 2.45. The Labute approximate surface area is 119 Å². The summed E-state index contributed by atoms with van der Waals surface area (Å²) in [5, 5.41) is 0. The van der Waals surface area contributed by atoms with Crippen LogP contribution in [0.15, 0.2) is 0 Å².